The summed E-state index contributed by atoms with van der Waals surface area (Å²) in [5.41, 5.74) is 0.445. The molecular formula is C20H20F3NO3. The molecule has 4 rings (SSSR count). The summed E-state index contributed by atoms with van der Waals surface area (Å²) < 4.78 is 54.1. The second-order valence-electron chi connectivity index (χ2n) is 6.87. The number of rotatable bonds is 8. The van der Waals surface area contributed by atoms with Gasteiger partial charge in [-0.15, -0.1) is 0 Å². The van der Waals surface area contributed by atoms with E-state index in [-0.39, 0.29) is 0 Å². The van der Waals surface area contributed by atoms with Gasteiger partial charge in [0.05, 0.1) is 31.0 Å². The molecule has 144 valence electrons. The summed E-state index contributed by atoms with van der Waals surface area (Å²) in [5, 5.41) is 0. The molecular weight excluding hydrogens is 359 g/mol. The Kier molecular flexibility index (Phi) is 5.08. The van der Waals surface area contributed by atoms with Gasteiger partial charge in [0.1, 0.15) is 11.5 Å². The molecule has 0 spiro atoms. The van der Waals surface area contributed by atoms with Crippen LogP contribution in [0.25, 0.3) is 0 Å². The van der Waals surface area contributed by atoms with Gasteiger partial charge < -0.3 is 14.2 Å². The number of hydrogen-bond acceptors (Lipinski definition) is 4. The number of ether oxygens (including phenoxy) is 3. The number of epoxide rings is 2. The summed E-state index contributed by atoms with van der Waals surface area (Å²) >= 11 is 0. The van der Waals surface area contributed by atoms with Crippen molar-refractivity contribution in [2.24, 2.45) is 0 Å². The highest BCUT2D eigenvalue weighted by Crippen LogP contribution is 2.31. The van der Waals surface area contributed by atoms with E-state index < -0.39 is 11.7 Å². The molecule has 7 heteroatoms. The summed E-state index contributed by atoms with van der Waals surface area (Å²) in [6.07, 6.45) is -3.69. The van der Waals surface area contributed by atoms with E-state index in [9.17, 15) is 13.2 Å². The lowest BCUT2D eigenvalue weighted by Gasteiger charge is -2.20. The molecule has 2 fully saturated rings. The number of alkyl halides is 3. The Bertz CT molecular complexity index is 740. The van der Waals surface area contributed by atoms with E-state index in [0.717, 1.165) is 50.5 Å². The van der Waals surface area contributed by atoms with Crippen molar-refractivity contribution >= 4 is 0 Å². The van der Waals surface area contributed by atoms with Crippen LogP contribution in [0, 0.1) is 0 Å². The minimum absolute atomic E-state index is 0.325. The fourth-order valence-electron chi connectivity index (χ4n) is 2.90. The van der Waals surface area contributed by atoms with E-state index in [1.807, 2.05) is 24.3 Å². The van der Waals surface area contributed by atoms with Crippen LogP contribution >= 0.6 is 0 Å². The monoisotopic (exact) mass is 379 g/mol. The number of halogens is 3. The normalized spacial score (nSPS) is 21.3. The third-order valence-electron chi connectivity index (χ3n) is 4.48. The predicted octanol–water partition coefficient (Wildman–Crippen LogP) is 4.10. The van der Waals surface area contributed by atoms with Crippen molar-refractivity contribution in [2.75, 3.05) is 26.3 Å². The zero-order valence-corrected chi connectivity index (χ0v) is 14.6. The summed E-state index contributed by atoms with van der Waals surface area (Å²) in [7, 11) is 0. The third-order valence-corrected chi connectivity index (χ3v) is 4.48. The number of benzene rings is 2. The minimum Gasteiger partial charge on any atom is -0.457 e. The maximum Gasteiger partial charge on any atom is 0.416 e. The van der Waals surface area contributed by atoms with Crippen molar-refractivity contribution in [1.29, 1.82) is 0 Å². The van der Waals surface area contributed by atoms with Gasteiger partial charge in [0.15, 0.2) is 0 Å². The summed E-state index contributed by atoms with van der Waals surface area (Å²) in [6.45, 7) is 4.22. The van der Waals surface area contributed by atoms with Crippen molar-refractivity contribution in [3.63, 3.8) is 0 Å². The zero-order chi connectivity index (χ0) is 18.9. The Hall–Kier alpha value is -2.09. The molecule has 2 atom stereocenters. The van der Waals surface area contributed by atoms with Gasteiger partial charge >= 0.3 is 6.18 Å². The standard InChI is InChI=1S/C20H20F3NO3/c21-20(22,23)15-3-7-17(8-4-15)27-16-5-1-14(2-6-16)9-24(10-18-12-25-18)11-19-13-26-19/h1-8,18-19H,9-13H2. The Balaban J connectivity index is 1.35. The molecule has 0 N–H and O–H groups in total. The molecule has 2 aliphatic rings. The van der Waals surface area contributed by atoms with E-state index in [1.54, 1.807) is 0 Å². The summed E-state index contributed by atoms with van der Waals surface area (Å²) in [4.78, 5) is 2.32. The molecule has 0 aromatic heterocycles. The molecule has 27 heavy (non-hydrogen) atoms. The zero-order valence-electron chi connectivity index (χ0n) is 14.6. The lowest BCUT2D eigenvalue weighted by atomic mass is 10.2. The second kappa shape index (κ2) is 7.50. The quantitative estimate of drug-likeness (QED) is 0.648. The van der Waals surface area contributed by atoms with Crippen LogP contribution in [0.1, 0.15) is 11.1 Å². The second-order valence-corrected chi connectivity index (χ2v) is 6.87. The van der Waals surface area contributed by atoms with E-state index >= 15 is 0 Å². The highest BCUT2D eigenvalue weighted by Gasteiger charge is 2.31. The smallest absolute Gasteiger partial charge is 0.416 e. The molecule has 2 aliphatic heterocycles. The third kappa shape index (κ3) is 5.45. The number of nitrogens with zero attached hydrogens (tertiary/aromatic N) is 1. The van der Waals surface area contributed by atoms with Crippen LogP contribution in [0.5, 0.6) is 11.5 Å². The van der Waals surface area contributed by atoms with Gasteiger partial charge in [-0.05, 0) is 42.0 Å². The Labute approximate surface area is 155 Å². The number of hydrogen-bond donors (Lipinski definition) is 0. The molecule has 2 aromatic carbocycles. The first-order chi connectivity index (χ1) is 13.0. The molecule has 2 aromatic rings. The topological polar surface area (TPSA) is 37.5 Å². The fraction of sp³-hybridized carbons (Fsp3) is 0.400. The average molecular weight is 379 g/mol. The van der Waals surface area contributed by atoms with Gasteiger partial charge in [-0.2, -0.15) is 13.2 Å². The molecule has 0 aliphatic carbocycles. The van der Waals surface area contributed by atoms with Crippen LogP contribution in [0.4, 0.5) is 13.2 Å². The molecule has 2 unspecified atom stereocenters. The lowest BCUT2D eigenvalue weighted by molar-refractivity contribution is -0.137. The predicted molar refractivity (Wildman–Crippen MR) is 92.7 cm³/mol. The SMILES string of the molecule is FC(F)(F)c1ccc(Oc2ccc(CN(CC3CO3)CC3CO3)cc2)cc1. The van der Waals surface area contributed by atoms with Gasteiger partial charge in [-0.3, -0.25) is 4.90 Å². The molecule has 0 radical (unpaired) electrons. The van der Waals surface area contributed by atoms with E-state index in [1.165, 1.54) is 12.1 Å². The van der Waals surface area contributed by atoms with E-state index in [0.29, 0.717) is 23.7 Å². The van der Waals surface area contributed by atoms with Crippen molar-refractivity contribution in [2.45, 2.75) is 24.9 Å². The summed E-state index contributed by atoms with van der Waals surface area (Å²) in [6, 6.07) is 12.3. The molecule has 2 saturated heterocycles. The van der Waals surface area contributed by atoms with Crippen LogP contribution in [-0.2, 0) is 22.2 Å². The fourth-order valence-corrected chi connectivity index (χ4v) is 2.90. The van der Waals surface area contributed by atoms with Crippen LogP contribution < -0.4 is 4.74 Å². The van der Waals surface area contributed by atoms with Crippen LogP contribution in [0.3, 0.4) is 0 Å². The van der Waals surface area contributed by atoms with Crippen LogP contribution in [-0.4, -0.2) is 43.4 Å². The van der Waals surface area contributed by atoms with Crippen molar-refractivity contribution in [1.82, 2.24) is 4.90 Å². The van der Waals surface area contributed by atoms with Gasteiger partial charge in [-0.1, -0.05) is 12.1 Å². The maximum atomic E-state index is 12.6. The minimum atomic E-state index is -4.34. The van der Waals surface area contributed by atoms with Gasteiger partial charge in [-0.25, -0.2) is 0 Å². The van der Waals surface area contributed by atoms with E-state index in [2.05, 4.69) is 4.90 Å². The van der Waals surface area contributed by atoms with Gasteiger partial charge in [0.2, 0.25) is 0 Å². The average Bonchev–Trinajstić information content (AvgIpc) is 3.53. The van der Waals surface area contributed by atoms with Crippen LogP contribution in [0.15, 0.2) is 48.5 Å². The Morgan fingerprint density at radius 2 is 1.33 bits per heavy atom. The first-order valence-electron chi connectivity index (χ1n) is 8.85. The first kappa shape index (κ1) is 18.3. The van der Waals surface area contributed by atoms with Crippen molar-refractivity contribution in [3.05, 3.63) is 59.7 Å². The van der Waals surface area contributed by atoms with Crippen molar-refractivity contribution < 1.29 is 27.4 Å². The largest absolute Gasteiger partial charge is 0.457 e. The lowest BCUT2D eigenvalue weighted by Crippen LogP contribution is -2.31. The highest BCUT2D eigenvalue weighted by molar-refractivity contribution is 5.35. The van der Waals surface area contributed by atoms with Crippen molar-refractivity contribution in [3.8, 4) is 11.5 Å². The van der Waals surface area contributed by atoms with Crippen LogP contribution in [0.2, 0.25) is 0 Å². The van der Waals surface area contributed by atoms with Gasteiger partial charge in [0.25, 0.3) is 0 Å². The van der Waals surface area contributed by atoms with Gasteiger partial charge in [0, 0.05) is 19.6 Å². The highest BCUT2D eigenvalue weighted by atomic mass is 19.4. The Morgan fingerprint density at radius 1 is 0.852 bits per heavy atom. The molecule has 0 saturated carbocycles. The molecule has 0 bridgehead atoms. The molecule has 2 heterocycles. The molecule has 0 amide bonds. The van der Waals surface area contributed by atoms with E-state index in [4.69, 9.17) is 14.2 Å². The Morgan fingerprint density at radius 3 is 1.78 bits per heavy atom. The first-order valence-corrected chi connectivity index (χ1v) is 8.85. The molecule has 4 nitrogen and oxygen atoms in total. The summed E-state index contributed by atoms with van der Waals surface area (Å²) in [5.74, 6) is 0.954. The maximum absolute atomic E-state index is 12.6.